The van der Waals surface area contributed by atoms with Gasteiger partial charge < -0.3 is 14.8 Å². The Morgan fingerprint density at radius 2 is 1.62 bits per heavy atom. The van der Waals surface area contributed by atoms with Crippen molar-refractivity contribution in [3.63, 3.8) is 0 Å². The van der Waals surface area contributed by atoms with Gasteiger partial charge in [-0.2, -0.15) is 5.10 Å². The summed E-state index contributed by atoms with van der Waals surface area (Å²) >= 11 is 0. The fourth-order valence-electron chi connectivity index (χ4n) is 2.75. The van der Waals surface area contributed by atoms with E-state index in [1.54, 1.807) is 42.9 Å². The summed E-state index contributed by atoms with van der Waals surface area (Å²) in [5.41, 5.74) is 2.48. The third kappa shape index (κ3) is 4.82. The number of aromatic nitrogens is 2. The molecule has 0 spiro atoms. The molecule has 0 aliphatic rings. The molecule has 2 aromatic carbocycles. The largest absolute Gasteiger partial charge is 0.457 e. The van der Waals surface area contributed by atoms with Crippen molar-refractivity contribution >= 4 is 17.6 Å². The first-order valence-electron chi connectivity index (χ1n) is 9.20. The zero-order valence-electron chi connectivity index (χ0n) is 16.8. The van der Waals surface area contributed by atoms with Gasteiger partial charge in [-0.25, -0.2) is 4.79 Å². The summed E-state index contributed by atoms with van der Waals surface area (Å²) in [6, 6.07) is 15.9. The highest BCUT2D eigenvalue weighted by atomic mass is 16.5. The maximum Gasteiger partial charge on any atom is 0.338 e. The van der Waals surface area contributed by atoms with Gasteiger partial charge in [-0.3, -0.25) is 9.48 Å². The molecule has 0 fully saturated rings. The van der Waals surface area contributed by atoms with Gasteiger partial charge in [0.05, 0.1) is 22.6 Å². The van der Waals surface area contributed by atoms with Crippen LogP contribution in [0.2, 0.25) is 0 Å². The van der Waals surface area contributed by atoms with Crippen molar-refractivity contribution in [3.05, 3.63) is 71.5 Å². The smallest absolute Gasteiger partial charge is 0.338 e. The lowest BCUT2D eigenvalue weighted by molar-refractivity contribution is -0.123. The quantitative estimate of drug-likeness (QED) is 0.640. The minimum absolute atomic E-state index is 0.332. The number of aryl methyl sites for hydroxylation is 2. The molecule has 7 heteroatoms. The molecular weight excluding hydrogens is 370 g/mol. The first-order valence-corrected chi connectivity index (χ1v) is 9.20. The molecule has 150 valence electrons. The van der Waals surface area contributed by atoms with Crippen LogP contribution in [0.15, 0.2) is 54.6 Å². The van der Waals surface area contributed by atoms with Gasteiger partial charge in [0.25, 0.3) is 5.91 Å². The predicted molar refractivity (Wildman–Crippen MR) is 109 cm³/mol. The summed E-state index contributed by atoms with van der Waals surface area (Å²) in [6.07, 6.45) is -0.957. The summed E-state index contributed by atoms with van der Waals surface area (Å²) in [7, 11) is 1.80. The first kappa shape index (κ1) is 20.1. The van der Waals surface area contributed by atoms with Gasteiger partial charge >= 0.3 is 5.97 Å². The van der Waals surface area contributed by atoms with Crippen molar-refractivity contribution in [1.29, 1.82) is 0 Å². The number of hydrogen-bond donors (Lipinski definition) is 1. The number of carbonyl (C=O) groups excluding carboxylic acids is 2. The molecule has 7 nitrogen and oxygen atoms in total. The zero-order valence-corrected chi connectivity index (χ0v) is 16.8. The highest BCUT2D eigenvalue weighted by Gasteiger charge is 2.21. The zero-order chi connectivity index (χ0) is 21.0. The van der Waals surface area contributed by atoms with E-state index < -0.39 is 18.0 Å². The molecule has 1 heterocycles. The van der Waals surface area contributed by atoms with E-state index in [1.165, 1.54) is 6.92 Å². The Morgan fingerprint density at radius 3 is 2.21 bits per heavy atom. The Kier molecular flexibility index (Phi) is 5.97. The normalized spacial score (nSPS) is 11.6. The summed E-state index contributed by atoms with van der Waals surface area (Å²) < 4.78 is 12.7. The number of amides is 1. The average molecular weight is 393 g/mol. The Bertz CT molecular complexity index is 1010. The minimum atomic E-state index is -0.957. The van der Waals surface area contributed by atoms with Crippen LogP contribution in [0.1, 0.15) is 28.7 Å². The second kappa shape index (κ2) is 8.60. The third-order valence-electron chi connectivity index (χ3n) is 4.48. The second-order valence-corrected chi connectivity index (χ2v) is 6.65. The summed E-state index contributed by atoms with van der Waals surface area (Å²) in [5, 5.41) is 7.02. The number of hydrogen-bond acceptors (Lipinski definition) is 5. The van der Waals surface area contributed by atoms with E-state index >= 15 is 0 Å². The van der Waals surface area contributed by atoms with E-state index in [2.05, 4.69) is 10.4 Å². The van der Waals surface area contributed by atoms with E-state index in [0.29, 0.717) is 28.4 Å². The number of para-hydroxylation sites is 1. The molecule has 0 aliphatic carbocycles. The summed E-state index contributed by atoms with van der Waals surface area (Å²) in [6.45, 7) is 5.19. The molecule has 0 radical (unpaired) electrons. The van der Waals surface area contributed by atoms with Gasteiger partial charge in [0.1, 0.15) is 11.5 Å². The van der Waals surface area contributed by atoms with E-state index in [-0.39, 0.29) is 0 Å². The Balaban J connectivity index is 1.59. The SMILES string of the molecule is Cc1nn(C)c(C)c1NC(=O)[C@H](C)OC(=O)c1ccc(Oc2ccccc2)cc1. The average Bonchev–Trinajstić information content (AvgIpc) is 2.95. The topological polar surface area (TPSA) is 82.5 Å². The van der Waals surface area contributed by atoms with E-state index in [4.69, 9.17) is 9.47 Å². The van der Waals surface area contributed by atoms with Crippen LogP contribution >= 0.6 is 0 Å². The predicted octanol–water partition coefficient (Wildman–Crippen LogP) is 4.01. The fraction of sp³-hybridized carbons (Fsp3) is 0.227. The maximum absolute atomic E-state index is 12.4. The van der Waals surface area contributed by atoms with Gasteiger partial charge in [-0.15, -0.1) is 0 Å². The molecule has 3 aromatic rings. The van der Waals surface area contributed by atoms with E-state index in [9.17, 15) is 9.59 Å². The molecule has 1 aromatic heterocycles. The molecule has 0 bridgehead atoms. The van der Waals surface area contributed by atoms with Gasteiger partial charge in [0, 0.05) is 7.05 Å². The number of rotatable bonds is 6. The van der Waals surface area contributed by atoms with E-state index in [0.717, 1.165) is 5.69 Å². The molecule has 1 N–H and O–H groups in total. The summed E-state index contributed by atoms with van der Waals surface area (Å²) in [4.78, 5) is 24.8. The van der Waals surface area contributed by atoms with Crippen LogP contribution < -0.4 is 10.1 Å². The fourth-order valence-corrected chi connectivity index (χ4v) is 2.75. The monoisotopic (exact) mass is 393 g/mol. The lowest BCUT2D eigenvalue weighted by Crippen LogP contribution is -2.30. The molecule has 0 saturated heterocycles. The highest BCUT2D eigenvalue weighted by Crippen LogP contribution is 2.22. The van der Waals surface area contributed by atoms with Crippen LogP contribution in [0.4, 0.5) is 5.69 Å². The van der Waals surface area contributed by atoms with Gasteiger partial charge in [0.15, 0.2) is 6.10 Å². The first-order chi connectivity index (χ1) is 13.8. The second-order valence-electron chi connectivity index (χ2n) is 6.65. The molecule has 3 rings (SSSR count). The number of carbonyl (C=O) groups is 2. The molecule has 0 aliphatic heterocycles. The Morgan fingerprint density at radius 1 is 1.00 bits per heavy atom. The Labute approximate surface area is 169 Å². The van der Waals surface area contributed by atoms with Crippen LogP contribution in [-0.2, 0) is 16.6 Å². The molecular formula is C22H23N3O4. The van der Waals surface area contributed by atoms with Crippen molar-refractivity contribution in [1.82, 2.24) is 9.78 Å². The number of nitrogens with zero attached hydrogens (tertiary/aromatic N) is 2. The number of esters is 1. The van der Waals surface area contributed by atoms with Crippen molar-refractivity contribution in [3.8, 4) is 11.5 Å². The number of nitrogens with one attached hydrogen (secondary N) is 1. The van der Waals surface area contributed by atoms with Crippen LogP contribution in [0.25, 0.3) is 0 Å². The third-order valence-corrected chi connectivity index (χ3v) is 4.48. The summed E-state index contributed by atoms with van der Waals surface area (Å²) in [5.74, 6) is 0.301. The van der Waals surface area contributed by atoms with Crippen LogP contribution in [-0.4, -0.2) is 27.8 Å². The van der Waals surface area contributed by atoms with Crippen LogP contribution in [0.3, 0.4) is 0 Å². The highest BCUT2D eigenvalue weighted by molar-refractivity contribution is 5.98. The van der Waals surface area contributed by atoms with Crippen molar-refractivity contribution in [2.45, 2.75) is 26.9 Å². The maximum atomic E-state index is 12.4. The van der Waals surface area contributed by atoms with Crippen molar-refractivity contribution < 1.29 is 19.1 Å². The molecule has 0 saturated carbocycles. The Hall–Kier alpha value is -3.61. The number of ether oxygens (including phenoxy) is 2. The van der Waals surface area contributed by atoms with Crippen LogP contribution in [0.5, 0.6) is 11.5 Å². The lowest BCUT2D eigenvalue weighted by atomic mass is 10.2. The molecule has 29 heavy (non-hydrogen) atoms. The van der Waals surface area contributed by atoms with Gasteiger partial charge in [0.2, 0.25) is 0 Å². The van der Waals surface area contributed by atoms with E-state index in [1.807, 2.05) is 37.3 Å². The van der Waals surface area contributed by atoms with Gasteiger partial charge in [-0.05, 0) is 57.2 Å². The molecule has 0 unspecified atom stereocenters. The van der Waals surface area contributed by atoms with Crippen LogP contribution in [0, 0.1) is 13.8 Å². The number of anilines is 1. The molecule has 1 amide bonds. The van der Waals surface area contributed by atoms with Crippen molar-refractivity contribution in [2.75, 3.05) is 5.32 Å². The standard InChI is InChI=1S/C22H23N3O4/c1-14-20(15(2)25(4)24-14)23-21(26)16(3)28-22(27)17-10-12-19(13-11-17)29-18-8-6-5-7-9-18/h5-13,16H,1-4H3,(H,23,26)/t16-/m0/s1. The lowest BCUT2D eigenvalue weighted by Gasteiger charge is -2.14. The minimum Gasteiger partial charge on any atom is -0.457 e. The molecule has 1 atom stereocenters. The number of benzene rings is 2. The van der Waals surface area contributed by atoms with Gasteiger partial charge in [-0.1, -0.05) is 18.2 Å². The van der Waals surface area contributed by atoms with Crippen molar-refractivity contribution in [2.24, 2.45) is 7.05 Å².